The Morgan fingerprint density at radius 3 is 2.86 bits per heavy atom. The maximum atomic E-state index is 11.7. The molecule has 0 aliphatic carbocycles. The highest BCUT2D eigenvalue weighted by Gasteiger charge is 2.18. The topological polar surface area (TPSA) is 58.2 Å². The van der Waals surface area contributed by atoms with Crippen LogP contribution in [-0.4, -0.2) is 19.8 Å². The Bertz CT molecular complexity index is 733. The van der Waals surface area contributed by atoms with Gasteiger partial charge >= 0.3 is 0 Å². The molecule has 0 bridgehead atoms. The van der Waals surface area contributed by atoms with Crippen LogP contribution in [0.1, 0.15) is 15.9 Å². The number of rotatable bonds is 3. The monoisotopic (exact) mass is 294 g/mol. The second kappa shape index (κ2) is 5.65. The minimum absolute atomic E-state index is 0.00931. The summed E-state index contributed by atoms with van der Waals surface area (Å²) in [6.45, 7) is 0. The van der Waals surface area contributed by atoms with E-state index in [0.717, 1.165) is 21.0 Å². The van der Waals surface area contributed by atoms with Crippen LogP contribution in [0.3, 0.4) is 0 Å². The molecule has 0 fully saturated rings. The lowest BCUT2D eigenvalue weighted by Crippen LogP contribution is -2.20. The maximum absolute atomic E-state index is 11.7. The molecule has 2 N–H and O–H groups in total. The zero-order valence-corrected chi connectivity index (χ0v) is 11.9. The van der Waals surface area contributed by atoms with Gasteiger partial charge in [0.15, 0.2) is 0 Å². The van der Waals surface area contributed by atoms with Gasteiger partial charge in [-0.2, -0.15) is 0 Å². The van der Waals surface area contributed by atoms with E-state index in [1.165, 1.54) is 11.8 Å². The summed E-state index contributed by atoms with van der Waals surface area (Å²) in [6.07, 6.45) is 0.423. The van der Waals surface area contributed by atoms with Gasteiger partial charge in [-0.15, -0.1) is 0 Å². The van der Waals surface area contributed by atoms with Crippen molar-refractivity contribution in [3.63, 3.8) is 0 Å². The van der Waals surface area contributed by atoms with E-state index in [9.17, 15) is 9.59 Å². The van der Waals surface area contributed by atoms with Crippen LogP contribution in [0, 0.1) is 0 Å². The van der Waals surface area contributed by atoms with E-state index in [1.807, 2.05) is 30.3 Å². The summed E-state index contributed by atoms with van der Waals surface area (Å²) >= 11 is 1.46. The number of fused-ring (bicyclic) bond motifs is 1. The van der Waals surface area contributed by atoms with Crippen LogP contribution in [0.5, 0.6) is 0 Å². The van der Waals surface area contributed by atoms with Gasteiger partial charge in [-0.1, -0.05) is 30.0 Å². The zero-order valence-electron chi connectivity index (χ0n) is 11.1. The molecular formula is C15H11BN2O2S. The average Bonchev–Trinajstić information content (AvgIpc) is 2.86. The number of benzene rings is 2. The fourth-order valence-corrected chi connectivity index (χ4v) is 3.19. The number of carbonyl (C=O) groups is 2. The predicted molar refractivity (Wildman–Crippen MR) is 82.6 cm³/mol. The van der Waals surface area contributed by atoms with Crippen molar-refractivity contribution in [3.8, 4) is 0 Å². The molecule has 2 radical (unpaired) electrons. The molecule has 3 rings (SSSR count). The van der Waals surface area contributed by atoms with Gasteiger partial charge in [0.25, 0.3) is 0 Å². The first-order valence-electron chi connectivity index (χ1n) is 6.38. The molecule has 1 aliphatic rings. The molecule has 21 heavy (non-hydrogen) atoms. The van der Waals surface area contributed by atoms with Gasteiger partial charge in [0.1, 0.15) is 0 Å². The number of hydrogen-bond acceptors (Lipinski definition) is 3. The van der Waals surface area contributed by atoms with Gasteiger partial charge in [-0.3, -0.25) is 9.59 Å². The Kier molecular flexibility index (Phi) is 3.71. The number of hydrogen-bond donors (Lipinski definition) is 2. The Morgan fingerprint density at radius 2 is 2.05 bits per heavy atom. The molecule has 0 spiro atoms. The third-order valence-electron chi connectivity index (χ3n) is 3.20. The largest absolute Gasteiger partial charge is 0.405 e. The SMILES string of the molecule is [B]NC(=O)c1ccccc1Sc1ccc2c(c1)NC(=O)C2. The molecule has 4 nitrogen and oxygen atoms in total. The van der Waals surface area contributed by atoms with Crippen LogP contribution >= 0.6 is 11.8 Å². The quantitative estimate of drug-likeness (QED) is 0.853. The highest BCUT2D eigenvalue weighted by molar-refractivity contribution is 7.99. The highest BCUT2D eigenvalue weighted by Crippen LogP contribution is 2.34. The van der Waals surface area contributed by atoms with Crippen LogP contribution in [0.15, 0.2) is 52.3 Å². The lowest BCUT2D eigenvalue weighted by Gasteiger charge is -2.09. The summed E-state index contributed by atoms with van der Waals surface area (Å²) in [5, 5.41) is 4.97. The van der Waals surface area contributed by atoms with Gasteiger partial charge in [0, 0.05) is 15.5 Å². The number of amides is 2. The molecule has 0 atom stereocenters. The lowest BCUT2D eigenvalue weighted by atomic mass is 10.2. The van der Waals surface area contributed by atoms with E-state index in [4.69, 9.17) is 7.98 Å². The summed E-state index contributed by atoms with van der Waals surface area (Å²) in [6, 6.07) is 13.0. The number of nitrogens with one attached hydrogen (secondary N) is 2. The van der Waals surface area contributed by atoms with Crippen LogP contribution in [-0.2, 0) is 11.2 Å². The predicted octanol–water partition coefficient (Wildman–Crippen LogP) is 2.15. The third-order valence-corrected chi connectivity index (χ3v) is 4.26. The van der Waals surface area contributed by atoms with E-state index in [1.54, 1.807) is 12.1 Å². The zero-order chi connectivity index (χ0) is 14.8. The van der Waals surface area contributed by atoms with Gasteiger partial charge in [-0.25, -0.2) is 0 Å². The summed E-state index contributed by atoms with van der Waals surface area (Å²) in [4.78, 5) is 24.9. The first-order valence-corrected chi connectivity index (χ1v) is 7.19. The first kappa shape index (κ1) is 13.8. The summed E-state index contributed by atoms with van der Waals surface area (Å²) in [5.41, 5.74) is 2.36. The normalized spacial score (nSPS) is 12.7. The van der Waals surface area contributed by atoms with Crippen molar-refractivity contribution in [2.24, 2.45) is 0 Å². The second-order valence-corrected chi connectivity index (χ2v) is 5.73. The van der Waals surface area contributed by atoms with Gasteiger partial charge in [0.2, 0.25) is 19.8 Å². The fraction of sp³-hybridized carbons (Fsp3) is 0.0667. The number of anilines is 1. The lowest BCUT2D eigenvalue weighted by molar-refractivity contribution is -0.115. The van der Waals surface area contributed by atoms with E-state index in [-0.39, 0.29) is 11.8 Å². The van der Waals surface area contributed by atoms with Crippen LogP contribution in [0.2, 0.25) is 0 Å². The van der Waals surface area contributed by atoms with Crippen molar-refractivity contribution < 1.29 is 9.59 Å². The minimum Gasteiger partial charge on any atom is -0.405 e. The molecule has 0 saturated carbocycles. The van der Waals surface area contributed by atoms with Crippen molar-refractivity contribution >= 4 is 37.2 Å². The van der Waals surface area contributed by atoms with Crippen molar-refractivity contribution in [1.29, 1.82) is 0 Å². The smallest absolute Gasteiger partial charge is 0.239 e. The standard InChI is InChI=1S/C15H11BN2O2S/c16-18-15(20)11-3-1-2-4-13(11)21-10-6-5-9-7-14(19)17-12(9)8-10/h1-6,8H,7H2,(H,17,19)(H,18,20). The Balaban J connectivity index is 1.90. The molecule has 0 saturated heterocycles. The van der Waals surface area contributed by atoms with Gasteiger partial charge in [-0.05, 0) is 29.8 Å². The second-order valence-electron chi connectivity index (χ2n) is 4.62. The van der Waals surface area contributed by atoms with E-state index >= 15 is 0 Å². The van der Waals surface area contributed by atoms with Crippen molar-refractivity contribution in [2.75, 3.05) is 5.32 Å². The van der Waals surface area contributed by atoms with Crippen molar-refractivity contribution in [1.82, 2.24) is 5.23 Å². The van der Waals surface area contributed by atoms with Crippen LogP contribution in [0.4, 0.5) is 5.69 Å². The van der Waals surface area contributed by atoms with E-state index < -0.39 is 0 Å². The van der Waals surface area contributed by atoms with E-state index in [2.05, 4.69) is 10.5 Å². The Labute approximate surface area is 127 Å². The van der Waals surface area contributed by atoms with Crippen LogP contribution in [0.25, 0.3) is 0 Å². The van der Waals surface area contributed by atoms with Crippen molar-refractivity contribution in [2.45, 2.75) is 16.2 Å². The molecule has 0 unspecified atom stereocenters. The molecular weight excluding hydrogens is 283 g/mol. The van der Waals surface area contributed by atoms with Crippen LogP contribution < -0.4 is 10.5 Å². The maximum Gasteiger partial charge on any atom is 0.239 e. The molecule has 102 valence electrons. The molecule has 0 aromatic heterocycles. The highest BCUT2D eigenvalue weighted by atomic mass is 32.2. The molecule has 1 aliphatic heterocycles. The Hall–Kier alpha value is -2.21. The summed E-state index contributed by atoms with van der Waals surface area (Å²) in [5.74, 6) is -0.317. The summed E-state index contributed by atoms with van der Waals surface area (Å²) in [7, 11) is 5.20. The summed E-state index contributed by atoms with van der Waals surface area (Å²) < 4.78 is 0. The van der Waals surface area contributed by atoms with Gasteiger partial charge < -0.3 is 10.5 Å². The number of carbonyl (C=O) groups excluding carboxylic acids is 2. The van der Waals surface area contributed by atoms with Gasteiger partial charge in [0.05, 0.1) is 12.0 Å². The molecule has 2 amide bonds. The molecule has 2 aromatic rings. The minimum atomic E-state index is -0.326. The first-order chi connectivity index (χ1) is 10.2. The third kappa shape index (κ3) is 2.80. The molecule has 6 heteroatoms. The Morgan fingerprint density at radius 1 is 1.24 bits per heavy atom. The van der Waals surface area contributed by atoms with E-state index in [0.29, 0.717) is 12.0 Å². The molecule has 1 heterocycles. The molecule has 2 aromatic carbocycles. The van der Waals surface area contributed by atoms with Crippen molar-refractivity contribution in [3.05, 3.63) is 53.6 Å². The average molecular weight is 294 g/mol. The fourth-order valence-electron chi connectivity index (χ4n) is 2.20.